The standard InChI is InChI=1S/C15H21NO/c1-11-7-12(2)9-14(8-11)15(17)4-6-16-5-3-13(15)10-16/h7-9,13,17H,3-6,10H2,1-2H3. The second kappa shape index (κ2) is 3.82. The highest BCUT2D eigenvalue weighted by molar-refractivity contribution is 5.33. The van der Waals surface area contributed by atoms with Gasteiger partial charge in [-0.15, -0.1) is 0 Å². The van der Waals surface area contributed by atoms with Gasteiger partial charge in [-0.2, -0.15) is 0 Å². The minimum absolute atomic E-state index is 0.428. The SMILES string of the molecule is Cc1cc(C)cc(C2(O)CCN3CCC2C3)c1. The Balaban J connectivity index is 2.01. The van der Waals surface area contributed by atoms with Crippen LogP contribution in [0.4, 0.5) is 0 Å². The van der Waals surface area contributed by atoms with Gasteiger partial charge in [0.1, 0.15) is 0 Å². The van der Waals surface area contributed by atoms with Crippen LogP contribution in [0.3, 0.4) is 0 Å². The molecule has 0 radical (unpaired) electrons. The van der Waals surface area contributed by atoms with Crippen LogP contribution in [0, 0.1) is 19.8 Å². The Labute approximate surface area is 103 Å². The summed E-state index contributed by atoms with van der Waals surface area (Å²) in [5.74, 6) is 0.428. The Morgan fingerprint density at radius 2 is 1.88 bits per heavy atom. The highest BCUT2D eigenvalue weighted by Gasteiger charge is 2.45. The summed E-state index contributed by atoms with van der Waals surface area (Å²) < 4.78 is 0. The molecule has 2 aliphatic rings. The van der Waals surface area contributed by atoms with E-state index < -0.39 is 5.60 Å². The summed E-state index contributed by atoms with van der Waals surface area (Å²) in [6, 6.07) is 6.51. The molecular formula is C15H21NO. The van der Waals surface area contributed by atoms with E-state index in [4.69, 9.17) is 0 Å². The number of aliphatic hydroxyl groups is 1. The van der Waals surface area contributed by atoms with Crippen LogP contribution >= 0.6 is 0 Å². The monoisotopic (exact) mass is 231 g/mol. The molecule has 2 nitrogen and oxygen atoms in total. The number of fused-ring (bicyclic) bond motifs is 2. The Morgan fingerprint density at radius 3 is 2.59 bits per heavy atom. The predicted molar refractivity (Wildman–Crippen MR) is 69.0 cm³/mol. The molecule has 2 fully saturated rings. The smallest absolute Gasteiger partial charge is 0.0949 e. The molecule has 0 aliphatic carbocycles. The molecule has 17 heavy (non-hydrogen) atoms. The summed E-state index contributed by atoms with van der Waals surface area (Å²) in [4.78, 5) is 2.47. The minimum Gasteiger partial charge on any atom is -0.385 e. The third kappa shape index (κ3) is 1.80. The molecule has 2 bridgehead atoms. The molecule has 0 amide bonds. The lowest BCUT2D eigenvalue weighted by molar-refractivity contribution is -0.0503. The van der Waals surface area contributed by atoms with Crippen molar-refractivity contribution in [3.8, 4) is 0 Å². The molecule has 0 aromatic heterocycles. The van der Waals surface area contributed by atoms with Crippen LogP contribution < -0.4 is 0 Å². The lowest BCUT2D eigenvalue weighted by atomic mass is 9.76. The summed E-state index contributed by atoms with van der Waals surface area (Å²) in [5.41, 5.74) is 3.08. The van der Waals surface area contributed by atoms with E-state index in [0.717, 1.165) is 38.0 Å². The number of nitrogens with zero attached hydrogens (tertiary/aromatic N) is 1. The average molecular weight is 231 g/mol. The second-order valence-corrected chi connectivity index (χ2v) is 5.84. The number of rotatable bonds is 1. The lowest BCUT2D eigenvalue weighted by Crippen LogP contribution is -2.44. The molecular weight excluding hydrogens is 210 g/mol. The van der Waals surface area contributed by atoms with Crippen LogP contribution in [0.2, 0.25) is 0 Å². The van der Waals surface area contributed by atoms with E-state index in [1.807, 2.05) is 0 Å². The van der Waals surface area contributed by atoms with E-state index in [9.17, 15) is 5.11 Å². The maximum absolute atomic E-state index is 11.1. The Morgan fingerprint density at radius 1 is 1.18 bits per heavy atom. The Hall–Kier alpha value is -0.860. The van der Waals surface area contributed by atoms with Crippen molar-refractivity contribution in [1.29, 1.82) is 0 Å². The molecule has 2 heteroatoms. The van der Waals surface area contributed by atoms with E-state index in [-0.39, 0.29) is 0 Å². The van der Waals surface area contributed by atoms with Gasteiger partial charge in [0.15, 0.2) is 0 Å². The first-order chi connectivity index (χ1) is 8.08. The van der Waals surface area contributed by atoms with Crippen molar-refractivity contribution in [2.24, 2.45) is 5.92 Å². The molecule has 0 saturated carbocycles. The van der Waals surface area contributed by atoms with Gasteiger partial charge in [0.2, 0.25) is 0 Å². The molecule has 3 atom stereocenters. The fraction of sp³-hybridized carbons (Fsp3) is 0.600. The van der Waals surface area contributed by atoms with Gasteiger partial charge < -0.3 is 10.0 Å². The van der Waals surface area contributed by atoms with E-state index in [2.05, 4.69) is 36.9 Å². The Kier molecular flexibility index (Phi) is 2.53. The highest BCUT2D eigenvalue weighted by atomic mass is 16.3. The zero-order valence-corrected chi connectivity index (χ0v) is 10.7. The number of benzene rings is 1. The molecule has 1 aromatic carbocycles. The van der Waals surface area contributed by atoms with Crippen molar-refractivity contribution in [3.63, 3.8) is 0 Å². The van der Waals surface area contributed by atoms with Gasteiger partial charge in [-0.25, -0.2) is 0 Å². The fourth-order valence-electron chi connectivity index (χ4n) is 3.56. The van der Waals surface area contributed by atoms with Crippen LogP contribution in [0.15, 0.2) is 18.2 Å². The molecule has 0 spiro atoms. The van der Waals surface area contributed by atoms with Crippen LogP contribution in [-0.4, -0.2) is 29.6 Å². The van der Waals surface area contributed by atoms with Gasteiger partial charge in [0.05, 0.1) is 5.60 Å². The first kappa shape index (κ1) is 11.2. The van der Waals surface area contributed by atoms with Crippen molar-refractivity contribution < 1.29 is 5.11 Å². The topological polar surface area (TPSA) is 23.5 Å². The van der Waals surface area contributed by atoms with Crippen LogP contribution in [0.5, 0.6) is 0 Å². The van der Waals surface area contributed by atoms with Crippen molar-refractivity contribution >= 4 is 0 Å². The summed E-state index contributed by atoms with van der Waals surface area (Å²) >= 11 is 0. The molecule has 92 valence electrons. The third-order valence-corrected chi connectivity index (χ3v) is 4.48. The molecule has 2 heterocycles. The van der Waals surface area contributed by atoms with Gasteiger partial charge in [0.25, 0.3) is 0 Å². The van der Waals surface area contributed by atoms with Crippen LogP contribution in [-0.2, 0) is 5.60 Å². The van der Waals surface area contributed by atoms with Gasteiger partial charge in [0, 0.05) is 19.0 Å². The Bertz CT molecular complexity index is 422. The molecule has 1 N–H and O–H groups in total. The van der Waals surface area contributed by atoms with Gasteiger partial charge in [-0.05, 0) is 38.8 Å². The zero-order chi connectivity index (χ0) is 12.0. The van der Waals surface area contributed by atoms with E-state index in [1.165, 1.54) is 11.1 Å². The summed E-state index contributed by atoms with van der Waals surface area (Å²) in [7, 11) is 0. The maximum Gasteiger partial charge on any atom is 0.0949 e. The minimum atomic E-state index is -0.580. The molecule has 3 rings (SSSR count). The molecule has 3 unspecified atom stereocenters. The number of hydrogen-bond donors (Lipinski definition) is 1. The molecule has 2 saturated heterocycles. The largest absolute Gasteiger partial charge is 0.385 e. The first-order valence-electron chi connectivity index (χ1n) is 6.61. The van der Waals surface area contributed by atoms with Crippen LogP contribution in [0.25, 0.3) is 0 Å². The quantitative estimate of drug-likeness (QED) is 0.801. The van der Waals surface area contributed by atoms with Gasteiger partial charge in [-0.3, -0.25) is 0 Å². The normalized spacial score (nSPS) is 36.2. The second-order valence-electron chi connectivity index (χ2n) is 5.84. The van der Waals surface area contributed by atoms with Gasteiger partial charge in [-0.1, -0.05) is 29.3 Å². The fourth-order valence-corrected chi connectivity index (χ4v) is 3.56. The molecule has 2 aliphatic heterocycles. The first-order valence-corrected chi connectivity index (χ1v) is 6.61. The zero-order valence-electron chi connectivity index (χ0n) is 10.7. The van der Waals surface area contributed by atoms with E-state index >= 15 is 0 Å². The van der Waals surface area contributed by atoms with E-state index in [1.54, 1.807) is 0 Å². The average Bonchev–Trinajstić information content (AvgIpc) is 2.68. The predicted octanol–water partition coefficient (Wildman–Crippen LogP) is 2.22. The summed E-state index contributed by atoms with van der Waals surface area (Å²) in [6.45, 7) is 7.51. The summed E-state index contributed by atoms with van der Waals surface area (Å²) in [6.07, 6.45) is 2.03. The van der Waals surface area contributed by atoms with Crippen LogP contribution in [0.1, 0.15) is 29.5 Å². The third-order valence-electron chi connectivity index (χ3n) is 4.48. The summed E-state index contributed by atoms with van der Waals surface area (Å²) in [5, 5.41) is 11.1. The maximum atomic E-state index is 11.1. The van der Waals surface area contributed by atoms with E-state index in [0.29, 0.717) is 5.92 Å². The lowest BCUT2D eigenvalue weighted by Gasteiger charge is -2.39. The van der Waals surface area contributed by atoms with Crippen molar-refractivity contribution in [3.05, 3.63) is 34.9 Å². The van der Waals surface area contributed by atoms with Crippen molar-refractivity contribution in [1.82, 2.24) is 4.90 Å². The number of hydrogen-bond acceptors (Lipinski definition) is 2. The van der Waals surface area contributed by atoms with Gasteiger partial charge >= 0.3 is 0 Å². The van der Waals surface area contributed by atoms with Crippen molar-refractivity contribution in [2.45, 2.75) is 32.3 Å². The molecule has 1 aromatic rings. The number of piperidine rings is 1. The van der Waals surface area contributed by atoms with Crippen molar-refractivity contribution in [2.75, 3.05) is 19.6 Å². The number of aryl methyl sites for hydroxylation is 2. The highest BCUT2D eigenvalue weighted by Crippen LogP contribution is 2.43.